The van der Waals surface area contributed by atoms with E-state index in [2.05, 4.69) is 23.8 Å². The minimum atomic E-state index is -5.81. The summed E-state index contributed by atoms with van der Waals surface area (Å²) in [6.07, 6.45) is -9.39. The smallest absolute Gasteiger partial charge is 0.478 e. The fourth-order valence-corrected chi connectivity index (χ4v) is 7.00. The van der Waals surface area contributed by atoms with Crippen molar-refractivity contribution in [3.63, 3.8) is 0 Å². The van der Waals surface area contributed by atoms with Crippen molar-refractivity contribution in [3.05, 3.63) is 46.8 Å². The summed E-state index contributed by atoms with van der Waals surface area (Å²) in [4.78, 5) is 56.2. The van der Waals surface area contributed by atoms with Crippen LogP contribution in [0.15, 0.2) is 35.6 Å². The zero-order valence-corrected chi connectivity index (χ0v) is 24.4. The van der Waals surface area contributed by atoms with Crippen molar-refractivity contribution in [1.82, 2.24) is 19.5 Å². The molecule has 10 N–H and O–H groups in total. The van der Waals surface area contributed by atoms with Crippen LogP contribution in [0.5, 0.6) is 0 Å². The molecule has 2 fully saturated rings. The van der Waals surface area contributed by atoms with Crippen LogP contribution in [-0.2, 0) is 32.0 Å². The van der Waals surface area contributed by atoms with Crippen molar-refractivity contribution in [2.45, 2.75) is 49.1 Å². The van der Waals surface area contributed by atoms with E-state index in [9.17, 15) is 48.9 Å². The third-order valence-corrected chi connectivity index (χ3v) is 9.41. The Morgan fingerprint density at radius 1 is 1.20 bits per heavy atom. The van der Waals surface area contributed by atoms with E-state index in [1.54, 1.807) is 0 Å². The summed E-state index contributed by atoms with van der Waals surface area (Å²) in [6.45, 7) is -1.88. The largest absolute Gasteiger partial charge is 0.756 e. The maximum atomic E-state index is 12.6. The molecule has 24 heteroatoms. The van der Waals surface area contributed by atoms with E-state index >= 15 is 0 Å². The molecule has 1 amide bonds. The molecule has 2 saturated heterocycles. The number of anilines is 1. The fourth-order valence-electron chi connectivity index (χ4n) is 4.75. The first-order chi connectivity index (χ1) is 21.1. The molecule has 45 heavy (non-hydrogen) atoms. The quantitative estimate of drug-likeness (QED) is 0.0701. The maximum absolute atomic E-state index is 12.6. The number of nitrogens with two attached hydrogens (primary N) is 2. The minimum absolute atomic E-state index is 0.0135. The average Bonchev–Trinajstić information content (AvgIpc) is 3.60. The van der Waals surface area contributed by atoms with Gasteiger partial charge in [-0.3, -0.25) is 28.2 Å². The second-order valence-electron chi connectivity index (χ2n) is 9.83. The zero-order valence-electron chi connectivity index (χ0n) is 22.6. The van der Waals surface area contributed by atoms with Crippen molar-refractivity contribution in [2.24, 2.45) is 5.73 Å². The summed E-state index contributed by atoms with van der Waals surface area (Å²) in [6, 6.07) is 2.75. The highest BCUT2D eigenvalue weighted by atomic mass is 31.3. The summed E-state index contributed by atoms with van der Waals surface area (Å²) < 4.78 is 51.9. The molecule has 0 spiro atoms. The molecule has 10 unspecified atom stereocenters. The third kappa shape index (κ3) is 6.83. The van der Waals surface area contributed by atoms with Crippen LogP contribution in [0, 0.1) is 0 Å². The van der Waals surface area contributed by atoms with Crippen LogP contribution >= 0.6 is 15.6 Å². The lowest BCUT2D eigenvalue weighted by Crippen LogP contribution is -2.46. The van der Waals surface area contributed by atoms with Gasteiger partial charge in [0.1, 0.15) is 36.1 Å². The van der Waals surface area contributed by atoms with E-state index in [0.717, 1.165) is 15.5 Å². The first-order valence-corrected chi connectivity index (χ1v) is 15.7. The Morgan fingerprint density at radius 3 is 2.62 bits per heavy atom. The molecule has 246 valence electrons. The predicted octanol–water partition coefficient (Wildman–Crippen LogP) is -4.35. The Balaban J connectivity index is 1.23. The second-order valence-corrected chi connectivity index (χ2v) is 12.8. The number of phosphoric ester groups is 2. The number of hydrogen-bond donors (Lipinski definition) is 8. The van der Waals surface area contributed by atoms with Gasteiger partial charge in [0.15, 0.2) is 35.9 Å². The van der Waals surface area contributed by atoms with Crippen LogP contribution in [0.4, 0.5) is 5.95 Å². The first kappa shape index (κ1) is 33.2. The van der Waals surface area contributed by atoms with Crippen molar-refractivity contribution in [1.29, 1.82) is 0 Å². The van der Waals surface area contributed by atoms with Crippen molar-refractivity contribution in [2.75, 3.05) is 18.9 Å². The van der Waals surface area contributed by atoms with Crippen LogP contribution < -0.4 is 26.5 Å². The highest BCUT2D eigenvalue weighted by Gasteiger charge is 2.52. The number of aromatic amines is 1. The van der Waals surface area contributed by atoms with Crippen LogP contribution in [0.25, 0.3) is 11.2 Å². The van der Waals surface area contributed by atoms with Gasteiger partial charge in [-0.25, -0.2) is 13.9 Å². The van der Waals surface area contributed by atoms with Gasteiger partial charge in [0.25, 0.3) is 25.5 Å². The third-order valence-electron chi connectivity index (χ3n) is 6.81. The normalized spacial score (nSPS) is 31.2. The number of amides is 1. The van der Waals surface area contributed by atoms with E-state index in [4.69, 9.17) is 25.5 Å². The molecule has 3 aromatic heterocycles. The summed E-state index contributed by atoms with van der Waals surface area (Å²) in [5.74, 6) is -1.09. The standard InChI is InChI=1S/C21H27N7O15P2/c22-16(33)8-2-1-3-27(4-8)19-14(32)15(9(5-29)40-19)42-45(37,38)43-44(35,36)39-6-10-12(30)13(31)20(41-10)28-7-24-11-17(28)25-21(23)26-18(11)34/h1-4,7,9-10,12-15,19-20,29-32H,5-6H2,(H6-,22,23,25,26,33,34,35,36,37,38). The van der Waals surface area contributed by atoms with Crippen molar-refractivity contribution < 1.29 is 71.5 Å². The van der Waals surface area contributed by atoms with Gasteiger partial charge in [-0.2, -0.15) is 9.55 Å². The highest BCUT2D eigenvalue weighted by molar-refractivity contribution is 7.60. The summed E-state index contributed by atoms with van der Waals surface area (Å²) in [7, 11) is -11.4. The topological polar surface area (TPSA) is 341 Å². The number of primary amides is 1. The summed E-state index contributed by atoms with van der Waals surface area (Å²) in [5, 5.41) is 41.3. The number of hydrogen-bond acceptors (Lipinski definition) is 17. The number of carbonyl (C=O) groups excluding carboxylic acids is 1. The zero-order chi connectivity index (χ0) is 32.8. The lowest BCUT2D eigenvalue weighted by molar-refractivity contribution is -0.765. The Labute approximate surface area is 250 Å². The number of nitrogen functional groups attached to an aromatic ring is 1. The maximum Gasteiger partial charge on any atom is 0.478 e. The minimum Gasteiger partial charge on any atom is -0.756 e. The summed E-state index contributed by atoms with van der Waals surface area (Å²) >= 11 is 0. The van der Waals surface area contributed by atoms with Gasteiger partial charge in [-0.1, -0.05) is 0 Å². The molecule has 2 aliphatic heterocycles. The molecule has 2 aliphatic rings. The highest BCUT2D eigenvalue weighted by Crippen LogP contribution is 2.59. The predicted molar refractivity (Wildman–Crippen MR) is 140 cm³/mol. The lowest BCUT2D eigenvalue weighted by Gasteiger charge is -2.29. The molecule has 0 bridgehead atoms. The fraction of sp³-hybridized carbons (Fsp3) is 0.476. The monoisotopic (exact) mass is 679 g/mol. The molecule has 0 saturated carbocycles. The van der Waals surface area contributed by atoms with Crippen LogP contribution in [0.3, 0.4) is 0 Å². The summed E-state index contributed by atoms with van der Waals surface area (Å²) in [5.41, 5.74) is 9.83. The number of pyridine rings is 1. The first-order valence-electron chi connectivity index (χ1n) is 12.8. The molecule has 0 aromatic carbocycles. The van der Waals surface area contributed by atoms with E-state index in [1.807, 2.05) is 0 Å². The number of aliphatic hydroxyl groups is 4. The number of ether oxygens (including phenoxy) is 2. The molecule has 5 heterocycles. The molecular weight excluding hydrogens is 652 g/mol. The van der Waals surface area contributed by atoms with Gasteiger partial charge in [0.2, 0.25) is 5.95 Å². The van der Waals surface area contributed by atoms with E-state index in [0.29, 0.717) is 0 Å². The molecule has 10 atom stereocenters. The number of carbonyl (C=O) groups is 1. The Bertz CT molecular complexity index is 1740. The number of rotatable bonds is 11. The van der Waals surface area contributed by atoms with Gasteiger partial charge in [-0.15, -0.1) is 0 Å². The number of aromatic nitrogens is 5. The van der Waals surface area contributed by atoms with E-state index in [-0.39, 0.29) is 22.7 Å². The molecule has 0 aliphatic carbocycles. The van der Waals surface area contributed by atoms with E-state index in [1.165, 1.54) is 24.5 Å². The van der Waals surface area contributed by atoms with Crippen LogP contribution in [0.2, 0.25) is 0 Å². The van der Waals surface area contributed by atoms with Crippen molar-refractivity contribution >= 4 is 38.7 Å². The molecule has 3 aromatic rings. The number of aliphatic hydroxyl groups excluding tert-OH is 4. The molecule has 5 rings (SSSR count). The van der Waals surface area contributed by atoms with E-state index < -0.39 is 89.4 Å². The van der Waals surface area contributed by atoms with Crippen molar-refractivity contribution in [3.8, 4) is 0 Å². The SMILES string of the molecule is NC(=O)c1ccc[n+](C2OC(CO)C(OP(=O)([O-])OP(=O)(O)OCC3OC(n4cnc5c(=O)[nH]c(N)nc54)C(O)C3O)C2O)c1. The average molecular weight is 679 g/mol. The number of H-pyrrole nitrogens is 1. The van der Waals surface area contributed by atoms with Gasteiger partial charge < -0.3 is 55.7 Å². The molecule has 22 nitrogen and oxygen atoms in total. The van der Waals surface area contributed by atoms with Gasteiger partial charge in [0, 0.05) is 6.07 Å². The molecule has 0 radical (unpaired) electrons. The number of imidazole rings is 1. The van der Waals surface area contributed by atoms with Crippen LogP contribution in [-0.4, -0.2) is 101 Å². The number of nitrogens with zero attached hydrogens (tertiary/aromatic N) is 4. The molecular formula is C21H27N7O15P2. The number of nitrogens with one attached hydrogen (secondary N) is 1. The number of phosphoric acid groups is 2. The number of fused-ring (bicyclic) bond motifs is 1. The van der Waals surface area contributed by atoms with Gasteiger partial charge in [-0.05, 0) is 6.07 Å². The van der Waals surface area contributed by atoms with Gasteiger partial charge in [0.05, 0.1) is 19.5 Å². The second kappa shape index (κ2) is 12.5. The Hall–Kier alpha value is -3.21. The lowest BCUT2D eigenvalue weighted by atomic mass is 10.1. The Morgan fingerprint density at radius 2 is 1.93 bits per heavy atom. The van der Waals surface area contributed by atoms with Crippen LogP contribution in [0.1, 0.15) is 22.8 Å². The van der Waals surface area contributed by atoms with Gasteiger partial charge >= 0.3 is 7.82 Å². The Kier molecular flexibility index (Phi) is 9.23.